The number of hydrogen-bond acceptors (Lipinski definition) is 10. The zero-order valence-electron chi connectivity index (χ0n) is 19.8. The Hall–Kier alpha value is -1.15. The molecule has 11 heteroatoms. The summed E-state index contributed by atoms with van der Waals surface area (Å²) in [5.41, 5.74) is 0. The summed E-state index contributed by atoms with van der Waals surface area (Å²) in [5.74, 6) is 0. The third-order valence-corrected chi connectivity index (χ3v) is 5.37. The van der Waals surface area contributed by atoms with E-state index in [2.05, 4.69) is 4.90 Å². The second-order valence-electron chi connectivity index (χ2n) is 7.07. The van der Waals surface area contributed by atoms with Crippen LogP contribution in [0.15, 0.2) is 35.2 Å². The van der Waals surface area contributed by atoms with Crippen molar-refractivity contribution in [2.45, 2.75) is 4.90 Å². The number of rotatable bonds is 23. The van der Waals surface area contributed by atoms with Gasteiger partial charge in [0, 0.05) is 6.54 Å². The molecule has 0 aliphatic carbocycles. The summed E-state index contributed by atoms with van der Waals surface area (Å²) in [6.45, 7) is 6.56. The van der Waals surface area contributed by atoms with Crippen LogP contribution in [0.25, 0.3) is 0 Å². The van der Waals surface area contributed by atoms with E-state index in [9.17, 15) is 8.42 Å². The third-order valence-electron chi connectivity index (χ3n) is 4.04. The van der Waals surface area contributed by atoms with E-state index in [0.717, 1.165) is 6.54 Å². The summed E-state index contributed by atoms with van der Waals surface area (Å²) >= 11 is 0. The Kier molecular flexibility index (Phi) is 18.3. The highest BCUT2D eigenvalue weighted by Gasteiger charge is 2.13. The zero-order chi connectivity index (χ0) is 24.0. The van der Waals surface area contributed by atoms with Crippen LogP contribution in [-0.2, 0) is 42.7 Å². The van der Waals surface area contributed by atoms with Crippen molar-refractivity contribution in [3.05, 3.63) is 30.3 Å². The maximum absolute atomic E-state index is 11.9. The number of hydrogen-bond donors (Lipinski definition) is 0. The van der Waals surface area contributed by atoms with Crippen molar-refractivity contribution in [1.82, 2.24) is 4.90 Å². The third kappa shape index (κ3) is 17.9. The van der Waals surface area contributed by atoms with Gasteiger partial charge in [0.2, 0.25) is 0 Å². The van der Waals surface area contributed by atoms with Crippen LogP contribution in [0.5, 0.6) is 0 Å². The van der Waals surface area contributed by atoms with Crippen molar-refractivity contribution < 1.29 is 41.0 Å². The molecule has 33 heavy (non-hydrogen) atoms. The first kappa shape index (κ1) is 29.9. The predicted octanol–water partition coefficient (Wildman–Crippen LogP) is 1.05. The molecule has 1 rings (SSSR count). The molecule has 0 atom stereocenters. The van der Waals surface area contributed by atoms with Gasteiger partial charge in [-0.25, -0.2) is 0 Å². The Balaban J connectivity index is 1.76. The summed E-state index contributed by atoms with van der Waals surface area (Å²) in [6.07, 6.45) is 0. The van der Waals surface area contributed by atoms with Gasteiger partial charge in [-0.3, -0.25) is 4.18 Å². The van der Waals surface area contributed by atoms with Crippen molar-refractivity contribution >= 4 is 10.1 Å². The Labute approximate surface area is 198 Å². The molecule has 1 aromatic rings. The van der Waals surface area contributed by atoms with E-state index in [1.54, 1.807) is 18.2 Å². The molecule has 0 saturated heterocycles. The van der Waals surface area contributed by atoms with Gasteiger partial charge < -0.3 is 33.3 Å². The van der Waals surface area contributed by atoms with Crippen LogP contribution >= 0.6 is 0 Å². The lowest BCUT2D eigenvalue weighted by Crippen LogP contribution is -2.19. The smallest absolute Gasteiger partial charge is 0.297 e. The second-order valence-corrected chi connectivity index (χ2v) is 8.68. The Morgan fingerprint density at radius 2 is 0.939 bits per heavy atom. The Morgan fingerprint density at radius 3 is 1.33 bits per heavy atom. The molecule has 0 bridgehead atoms. The topological polar surface area (TPSA) is 102 Å². The van der Waals surface area contributed by atoms with Gasteiger partial charge in [-0.15, -0.1) is 0 Å². The standard InChI is InChI=1S/C22H39NO9S/c1-23(2)8-9-26-10-11-27-12-13-28-14-15-29-16-17-30-18-19-31-20-21-32-33(24,25)22-6-4-3-5-7-22/h3-7H,8-21H2,1-2H3. The van der Waals surface area contributed by atoms with E-state index < -0.39 is 10.1 Å². The first-order valence-electron chi connectivity index (χ1n) is 11.1. The second kappa shape index (κ2) is 20.2. The summed E-state index contributed by atoms with van der Waals surface area (Å²) in [4.78, 5) is 2.20. The SMILES string of the molecule is CN(C)CCOCCOCCOCCOCCOCCOCCOS(=O)(=O)c1ccccc1. The van der Waals surface area contributed by atoms with Gasteiger partial charge in [0.05, 0.1) is 90.8 Å². The largest absolute Gasteiger partial charge is 0.378 e. The molecule has 0 aliphatic rings. The first-order chi connectivity index (χ1) is 16.0. The van der Waals surface area contributed by atoms with Gasteiger partial charge in [0.15, 0.2) is 0 Å². The molecule has 0 fully saturated rings. The minimum atomic E-state index is -3.74. The van der Waals surface area contributed by atoms with Gasteiger partial charge in [-0.05, 0) is 26.2 Å². The lowest BCUT2D eigenvalue weighted by molar-refractivity contribution is -0.0181. The number of likely N-dealkylation sites (N-methyl/N-ethyl adjacent to an activating group) is 1. The predicted molar refractivity (Wildman–Crippen MR) is 123 cm³/mol. The number of ether oxygens (including phenoxy) is 6. The maximum Gasteiger partial charge on any atom is 0.297 e. The first-order valence-corrected chi connectivity index (χ1v) is 12.5. The van der Waals surface area contributed by atoms with Crippen molar-refractivity contribution in [2.75, 3.05) is 107 Å². The summed E-state index contributed by atoms with van der Waals surface area (Å²) in [7, 11) is 0.280. The van der Waals surface area contributed by atoms with Crippen molar-refractivity contribution in [3.63, 3.8) is 0 Å². The molecular weight excluding hydrogens is 454 g/mol. The molecule has 0 heterocycles. The van der Waals surface area contributed by atoms with E-state index in [1.165, 1.54) is 12.1 Å². The summed E-state index contributed by atoms with van der Waals surface area (Å²) in [5, 5.41) is 0. The van der Waals surface area contributed by atoms with Crippen LogP contribution in [0.3, 0.4) is 0 Å². The van der Waals surface area contributed by atoms with Gasteiger partial charge in [0.25, 0.3) is 10.1 Å². The molecule has 0 radical (unpaired) electrons. The quantitative estimate of drug-likeness (QED) is 0.162. The van der Waals surface area contributed by atoms with E-state index in [0.29, 0.717) is 72.7 Å². The maximum atomic E-state index is 11.9. The lowest BCUT2D eigenvalue weighted by Gasteiger charge is -2.10. The molecule has 10 nitrogen and oxygen atoms in total. The lowest BCUT2D eigenvalue weighted by atomic mass is 10.4. The highest BCUT2D eigenvalue weighted by molar-refractivity contribution is 7.86. The highest BCUT2D eigenvalue weighted by atomic mass is 32.2. The fourth-order valence-electron chi connectivity index (χ4n) is 2.31. The van der Waals surface area contributed by atoms with Crippen LogP contribution in [0.2, 0.25) is 0 Å². The molecule has 192 valence electrons. The van der Waals surface area contributed by atoms with Gasteiger partial charge in [-0.2, -0.15) is 8.42 Å². The average Bonchev–Trinajstić information content (AvgIpc) is 2.80. The molecule has 0 aliphatic heterocycles. The molecule has 0 N–H and O–H groups in total. The van der Waals surface area contributed by atoms with Crippen LogP contribution in [0.1, 0.15) is 0 Å². The van der Waals surface area contributed by atoms with Crippen LogP contribution in [-0.4, -0.2) is 120 Å². The van der Waals surface area contributed by atoms with Crippen molar-refractivity contribution in [1.29, 1.82) is 0 Å². The Bertz CT molecular complexity index is 659. The molecule has 0 saturated carbocycles. The fraction of sp³-hybridized carbons (Fsp3) is 0.727. The van der Waals surface area contributed by atoms with Gasteiger partial charge >= 0.3 is 0 Å². The molecule has 0 spiro atoms. The number of nitrogens with zero attached hydrogens (tertiary/aromatic N) is 1. The molecule has 0 amide bonds. The number of benzene rings is 1. The molecular formula is C22H39NO9S. The van der Waals surface area contributed by atoms with E-state index >= 15 is 0 Å². The minimum absolute atomic E-state index is 0.0457. The average molecular weight is 494 g/mol. The zero-order valence-corrected chi connectivity index (χ0v) is 20.6. The van der Waals surface area contributed by atoms with Gasteiger partial charge in [0.1, 0.15) is 0 Å². The summed E-state index contributed by atoms with van der Waals surface area (Å²) < 4.78 is 61.1. The van der Waals surface area contributed by atoms with Crippen molar-refractivity contribution in [2.24, 2.45) is 0 Å². The van der Waals surface area contributed by atoms with Crippen molar-refractivity contribution in [3.8, 4) is 0 Å². The van der Waals surface area contributed by atoms with Crippen LogP contribution in [0.4, 0.5) is 0 Å². The Morgan fingerprint density at radius 1 is 0.576 bits per heavy atom. The molecule has 0 unspecified atom stereocenters. The van der Waals surface area contributed by atoms with Gasteiger partial charge in [-0.1, -0.05) is 18.2 Å². The van der Waals surface area contributed by atoms with E-state index in [4.69, 9.17) is 32.6 Å². The highest BCUT2D eigenvalue weighted by Crippen LogP contribution is 2.10. The summed E-state index contributed by atoms with van der Waals surface area (Å²) in [6, 6.07) is 8.00. The van der Waals surface area contributed by atoms with Crippen LogP contribution < -0.4 is 0 Å². The van der Waals surface area contributed by atoms with E-state index in [-0.39, 0.29) is 18.1 Å². The minimum Gasteiger partial charge on any atom is -0.378 e. The normalized spacial score (nSPS) is 12.0. The molecule has 0 aromatic heterocycles. The molecule has 1 aromatic carbocycles. The monoisotopic (exact) mass is 493 g/mol. The van der Waals surface area contributed by atoms with E-state index in [1.807, 2.05) is 14.1 Å². The fourth-order valence-corrected chi connectivity index (χ4v) is 3.22. The van der Waals surface area contributed by atoms with Crippen LogP contribution in [0, 0.1) is 0 Å².